The number of Topliss-reactive ketones (excluding diaryl/α,β-unsaturated/α-hetero) is 1. The molecule has 0 bridgehead atoms. The highest BCUT2D eigenvalue weighted by Gasteiger charge is 2.28. The van der Waals surface area contributed by atoms with E-state index in [1.165, 1.54) is 5.56 Å². The SMILES string of the molecule is CC(=O)C1CCC(Nc2ncc3nnn(-c4cc5cc(C)ccn5c4)c3n2)C1. The topological polar surface area (TPSA) is 90.0 Å². The zero-order valence-electron chi connectivity index (χ0n) is 15.8. The maximum atomic E-state index is 11.6. The van der Waals surface area contributed by atoms with Crippen molar-refractivity contribution >= 4 is 28.4 Å². The van der Waals surface area contributed by atoms with Crippen LogP contribution in [0.5, 0.6) is 0 Å². The summed E-state index contributed by atoms with van der Waals surface area (Å²) in [4.78, 5) is 20.6. The van der Waals surface area contributed by atoms with Gasteiger partial charge in [-0.05, 0) is 56.9 Å². The smallest absolute Gasteiger partial charge is 0.225 e. The summed E-state index contributed by atoms with van der Waals surface area (Å²) in [7, 11) is 0. The lowest BCUT2D eigenvalue weighted by Gasteiger charge is -2.12. The van der Waals surface area contributed by atoms with Gasteiger partial charge in [0.05, 0.1) is 11.9 Å². The van der Waals surface area contributed by atoms with E-state index in [-0.39, 0.29) is 17.7 Å². The predicted molar refractivity (Wildman–Crippen MR) is 106 cm³/mol. The van der Waals surface area contributed by atoms with E-state index < -0.39 is 0 Å². The van der Waals surface area contributed by atoms with Gasteiger partial charge < -0.3 is 9.72 Å². The second-order valence-electron chi connectivity index (χ2n) is 7.60. The Morgan fingerprint density at radius 3 is 3.00 bits per heavy atom. The number of aryl methyl sites for hydroxylation is 1. The molecular formula is C20H21N7O. The maximum Gasteiger partial charge on any atom is 0.225 e. The minimum absolute atomic E-state index is 0.144. The first-order valence-corrected chi connectivity index (χ1v) is 9.51. The molecule has 28 heavy (non-hydrogen) atoms. The second kappa shape index (κ2) is 6.40. The minimum Gasteiger partial charge on any atom is -0.351 e. The van der Waals surface area contributed by atoms with E-state index in [1.54, 1.807) is 17.8 Å². The Kier molecular flexibility index (Phi) is 3.85. The number of ketones is 1. The molecule has 8 heteroatoms. The predicted octanol–water partition coefficient (Wildman–Crippen LogP) is 2.94. The van der Waals surface area contributed by atoms with Gasteiger partial charge in [0.15, 0.2) is 11.2 Å². The molecule has 0 saturated heterocycles. The van der Waals surface area contributed by atoms with Crippen molar-refractivity contribution < 1.29 is 4.79 Å². The molecule has 5 rings (SSSR count). The number of rotatable bonds is 4. The number of nitrogens with one attached hydrogen (secondary N) is 1. The molecule has 8 nitrogen and oxygen atoms in total. The Bertz CT molecular complexity index is 1190. The Balaban J connectivity index is 1.47. The van der Waals surface area contributed by atoms with Gasteiger partial charge in [0.25, 0.3) is 0 Å². The van der Waals surface area contributed by atoms with E-state index in [1.807, 2.05) is 12.4 Å². The van der Waals surface area contributed by atoms with Crippen LogP contribution in [0.4, 0.5) is 5.95 Å². The summed E-state index contributed by atoms with van der Waals surface area (Å²) in [5.74, 6) is 0.953. The second-order valence-corrected chi connectivity index (χ2v) is 7.60. The molecule has 2 unspecified atom stereocenters. The first-order valence-electron chi connectivity index (χ1n) is 9.51. The fourth-order valence-corrected chi connectivity index (χ4v) is 3.96. The normalized spacial score (nSPS) is 19.5. The van der Waals surface area contributed by atoms with Crippen molar-refractivity contribution in [2.75, 3.05) is 5.32 Å². The summed E-state index contributed by atoms with van der Waals surface area (Å²) in [5.41, 5.74) is 4.49. The average Bonchev–Trinajstić information content (AvgIpc) is 3.38. The maximum absolute atomic E-state index is 11.6. The number of hydrogen-bond acceptors (Lipinski definition) is 6. The van der Waals surface area contributed by atoms with Crippen LogP contribution in [0.3, 0.4) is 0 Å². The van der Waals surface area contributed by atoms with E-state index in [2.05, 4.69) is 55.1 Å². The van der Waals surface area contributed by atoms with Crippen LogP contribution in [0.2, 0.25) is 0 Å². The van der Waals surface area contributed by atoms with Crippen molar-refractivity contribution in [3.05, 3.63) is 42.4 Å². The summed E-state index contributed by atoms with van der Waals surface area (Å²) < 4.78 is 3.79. The lowest BCUT2D eigenvalue weighted by Crippen LogP contribution is -2.18. The van der Waals surface area contributed by atoms with Crippen molar-refractivity contribution in [1.29, 1.82) is 0 Å². The van der Waals surface area contributed by atoms with Crippen molar-refractivity contribution in [3.8, 4) is 5.69 Å². The van der Waals surface area contributed by atoms with Gasteiger partial charge in [-0.1, -0.05) is 5.21 Å². The molecule has 0 amide bonds. The van der Waals surface area contributed by atoms with Crippen molar-refractivity contribution in [2.45, 2.75) is 39.2 Å². The molecule has 4 aromatic heterocycles. The monoisotopic (exact) mass is 375 g/mol. The number of fused-ring (bicyclic) bond motifs is 2. The standard InChI is InChI=1S/C20H21N7O/c1-12-5-6-26-11-17(9-16(26)7-12)27-19-18(24-25-27)10-21-20(23-19)22-15-4-3-14(8-15)13(2)28/h5-7,9-11,14-15H,3-4,8H2,1-2H3,(H,21,22,23). The Morgan fingerprint density at radius 1 is 1.29 bits per heavy atom. The third kappa shape index (κ3) is 2.90. The zero-order valence-corrected chi connectivity index (χ0v) is 15.8. The van der Waals surface area contributed by atoms with E-state index in [0.29, 0.717) is 17.1 Å². The molecular weight excluding hydrogens is 354 g/mol. The lowest BCUT2D eigenvalue weighted by molar-refractivity contribution is -0.120. The van der Waals surface area contributed by atoms with Crippen molar-refractivity contribution in [3.63, 3.8) is 0 Å². The molecule has 0 radical (unpaired) electrons. The first kappa shape index (κ1) is 16.9. The minimum atomic E-state index is 0.144. The van der Waals surface area contributed by atoms with Crippen LogP contribution >= 0.6 is 0 Å². The number of aromatic nitrogens is 6. The molecule has 4 aromatic rings. The highest BCUT2D eigenvalue weighted by molar-refractivity contribution is 5.78. The molecule has 1 saturated carbocycles. The van der Waals surface area contributed by atoms with Crippen LogP contribution in [0.1, 0.15) is 31.7 Å². The average molecular weight is 375 g/mol. The van der Waals surface area contributed by atoms with Gasteiger partial charge in [0, 0.05) is 29.9 Å². The number of pyridine rings is 1. The Hall–Kier alpha value is -3.29. The quantitative estimate of drug-likeness (QED) is 0.590. The van der Waals surface area contributed by atoms with Gasteiger partial charge in [-0.15, -0.1) is 5.10 Å². The summed E-state index contributed by atoms with van der Waals surface area (Å²) in [6.07, 6.45) is 8.43. The van der Waals surface area contributed by atoms with Gasteiger partial charge >= 0.3 is 0 Å². The summed E-state index contributed by atoms with van der Waals surface area (Å²) in [6, 6.07) is 6.47. The fraction of sp³-hybridized carbons (Fsp3) is 0.350. The van der Waals surface area contributed by atoms with Gasteiger partial charge in [0.1, 0.15) is 5.78 Å². The van der Waals surface area contributed by atoms with E-state index in [0.717, 1.165) is 30.5 Å². The van der Waals surface area contributed by atoms with Crippen LogP contribution < -0.4 is 5.32 Å². The Morgan fingerprint density at radius 2 is 2.18 bits per heavy atom. The van der Waals surface area contributed by atoms with Crippen LogP contribution in [0, 0.1) is 12.8 Å². The third-order valence-electron chi connectivity index (χ3n) is 5.52. The van der Waals surface area contributed by atoms with Gasteiger partial charge in [-0.2, -0.15) is 9.67 Å². The van der Waals surface area contributed by atoms with Gasteiger partial charge in [-0.3, -0.25) is 4.79 Å². The van der Waals surface area contributed by atoms with Gasteiger partial charge in [0.2, 0.25) is 5.95 Å². The van der Waals surface area contributed by atoms with Crippen molar-refractivity contribution in [2.24, 2.45) is 5.92 Å². The first-order chi connectivity index (χ1) is 13.6. The van der Waals surface area contributed by atoms with E-state index in [9.17, 15) is 4.79 Å². The molecule has 0 aromatic carbocycles. The highest BCUT2D eigenvalue weighted by Crippen LogP contribution is 2.28. The molecule has 4 heterocycles. The number of carbonyl (C=O) groups excluding carboxylic acids is 1. The molecule has 1 aliphatic rings. The number of anilines is 1. The Labute approximate surface area is 161 Å². The molecule has 2 atom stereocenters. The largest absolute Gasteiger partial charge is 0.351 e. The van der Waals surface area contributed by atoms with Crippen LogP contribution in [0.15, 0.2) is 36.8 Å². The van der Waals surface area contributed by atoms with Crippen LogP contribution in [-0.2, 0) is 4.79 Å². The number of hydrogen-bond donors (Lipinski definition) is 1. The summed E-state index contributed by atoms with van der Waals surface area (Å²) in [6.45, 7) is 3.74. The summed E-state index contributed by atoms with van der Waals surface area (Å²) >= 11 is 0. The number of carbonyl (C=O) groups is 1. The molecule has 1 N–H and O–H groups in total. The molecule has 0 aliphatic heterocycles. The molecule has 142 valence electrons. The number of nitrogens with zero attached hydrogens (tertiary/aromatic N) is 6. The summed E-state index contributed by atoms with van der Waals surface area (Å²) in [5, 5.41) is 11.8. The third-order valence-corrected chi connectivity index (χ3v) is 5.52. The molecule has 0 spiro atoms. The lowest BCUT2D eigenvalue weighted by atomic mass is 10.0. The molecule has 1 fully saturated rings. The van der Waals surface area contributed by atoms with Crippen LogP contribution in [-0.4, -0.2) is 41.2 Å². The van der Waals surface area contributed by atoms with E-state index >= 15 is 0 Å². The highest BCUT2D eigenvalue weighted by atomic mass is 16.1. The zero-order chi connectivity index (χ0) is 19.3. The van der Waals surface area contributed by atoms with Crippen LogP contribution in [0.25, 0.3) is 22.4 Å². The molecule has 1 aliphatic carbocycles. The van der Waals surface area contributed by atoms with Gasteiger partial charge in [-0.25, -0.2) is 4.98 Å². The van der Waals surface area contributed by atoms with E-state index in [4.69, 9.17) is 0 Å². The fourth-order valence-electron chi connectivity index (χ4n) is 3.96. The van der Waals surface area contributed by atoms with Crippen molar-refractivity contribution in [1.82, 2.24) is 29.4 Å².